The summed E-state index contributed by atoms with van der Waals surface area (Å²) in [4.78, 5) is 14.6. The molecule has 2 fully saturated rings. The van der Waals surface area contributed by atoms with E-state index in [1.165, 1.54) is 32.1 Å². The van der Waals surface area contributed by atoms with Gasteiger partial charge in [0.1, 0.15) is 6.10 Å². The van der Waals surface area contributed by atoms with Crippen LogP contribution in [0, 0.1) is 5.92 Å². The molecule has 0 aromatic carbocycles. The molecule has 5 heteroatoms. The molecule has 0 aromatic rings. The highest BCUT2D eigenvalue weighted by atomic mass is 16.5. The van der Waals surface area contributed by atoms with Crippen LogP contribution < -0.4 is 11.1 Å². The summed E-state index contributed by atoms with van der Waals surface area (Å²) in [6.07, 6.45) is 5.89. The van der Waals surface area contributed by atoms with E-state index in [9.17, 15) is 4.79 Å². The summed E-state index contributed by atoms with van der Waals surface area (Å²) in [5, 5.41) is 3.14. The molecule has 2 rings (SSSR count). The Morgan fingerprint density at radius 3 is 2.80 bits per heavy atom. The number of rotatable bonds is 5. The fourth-order valence-corrected chi connectivity index (χ4v) is 3.33. The number of nitrogens with zero attached hydrogens (tertiary/aromatic N) is 1. The lowest BCUT2D eigenvalue weighted by molar-refractivity contribution is -0.139. The summed E-state index contributed by atoms with van der Waals surface area (Å²) < 4.78 is 5.61. The Kier molecular flexibility index (Phi) is 6.26. The normalized spacial score (nSPS) is 27.2. The molecule has 0 radical (unpaired) electrons. The first kappa shape index (κ1) is 15.7. The van der Waals surface area contributed by atoms with Gasteiger partial charge in [0.15, 0.2) is 0 Å². The molecule has 2 unspecified atom stereocenters. The summed E-state index contributed by atoms with van der Waals surface area (Å²) in [7, 11) is 0. The van der Waals surface area contributed by atoms with Gasteiger partial charge in [0, 0.05) is 25.7 Å². The average Bonchev–Trinajstić information content (AvgIpc) is 2.53. The minimum Gasteiger partial charge on any atom is -0.366 e. The van der Waals surface area contributed by atoms with E-state index in [1.54, 1.807) is 0 Å². The van der Waals surface area contributed by atoms with E-state index < -0.39 is 0 Å². The van der Waals surface area contributed by atoms with Gasteiger partial charge in [0.25, 0.3) is 5.91 Å². The van der Waals surface area contributed by atoms with Crippen LogP contribution in [0.5, 0.6) is 0 Å². The van der Waals surface area contributed by atoms with Crippen LogP contribution in [-0.4, -0.2) is 55.7 Å². The van der Waals surface area contributed by atoms with Gasteiger partial charge in [-0.25, -0.2) is 0 Å². The monoisotopic (exact) mass is 283 g/mol. The van der Waals surface area contributed by atoms with Gasteiger partial charge in [-0.2, -0.15) is 0 Å². The van der Waals surface area contributed by atoms with Crippen LogP contribution >= 0.6 is 0 Å². The summed E-state index contributed by atoms with van der Waals surface area (Å²) in [6.45, 7) is 5.87. The number of morpholine rings is 1. The van der Waals surface area contributed by atoms with Crippen molar-refractivity contribution >= 4 is 5.91 Å². The third-order valence-corrected chi connectivity index (χ3v) is 4.69. The zero-order valence-corrected chi connectivity index (χ0v) is 12.6. The van der Waals surface area contributed by atoms with Crippen molar-refractivity contribution in [3.63, 3.8) is 0 Å². The average molecular weight is 283 g/mol. The zero-order chi connectivity index (χ0) is 14.4. The topological polar surface area (TPSA) is 67.6 Å². The van der Waals surface area contributed by atoms with Crippen molar-refractivity contribution in [2.24, 2.45) is 11.7 Å². The maximum absolute atomic E-state index is 12.4. The van der Waals surface area contributed by atoms with E-state index in [-0.39, 0.29) is 18.1 Å². The van der Waals surface area contributed by atoms with Crippen LogP contribution in [0.3, 0.4) is 0 Å². The maximum Gasteiger partial charge on any atom is 0.250 e. The number of hydrogen-bond acceptors (Lipinski definition) is 4. The lowest BCUT2D eigenvalue weighted by atomic mass is 9.84. The number of carbonyl (C=O) groups excluding carboxylic acids is 1. The van der Waals surface area contributed by atoms with Crippen LogP contribution in [0.15, 0.2) is 0 Å². The van der Waals surface area contributed by atoms with E-state index in [4.69, 9.17) is 10.5 Å². The van der Waals surface area contributed by atoms with Crippen LogP contribution in [-0.2, 0) is 9.53 Å². The third kappa shape index (κ3) is 4.17. The van der Waals surface area contributed by atoms with Crippen molar-refractivity contribution < 1.29 is 9.53 Å². The zero-order valence-electron chi connectivity index (χ0n) is 12.6. The number of nitrogens with one attached hydrogen (secondary N) is 1. The molecule has 3 N–H and O–H groups in total. The standard InChI is InChI=1S/C15H29N3O2/c1-2-18-8-9-20-14(11-18)15(19)17-13(10-16)12-6-4-3-5-7-12/h12-14H,2-11,16H2,1H3,(H,17,19). The lowest BCUT2D eigenvalue weighted by Gasteiger charge is -2.34. The summed E-state index contributed by atoms with van der Waals surface area (Å²) in [5.41, 5.74) is 5.87. The maximum atomic E-state index is 12.4. The second kappa shape index (κ2) is 7.96. The van der Waals surface area contributed by atoms with Crippen molar-refractivity contribution in [2.75, 3.05) is 32.8 Å². The molecular weight excluding hydrogens is 254 g/mol. The number of nitrogens with two attached hydrogens (primary N) is 1. The first-order valence-electron chi connectivity index (χ1n) is 8.09. The van der Waals surface area contributed by atoms with Gasteiger partial charge < -0.3 is 15.8 Å². The summed E-state index contributed by atoms with van der Waals surface area (Å²) in [6, 6.07) is 0.114. The van der Waals surface area contributed by atoms with Crippen LogP contribution in [0.1, 0.15) is 39.0 Å². The largest absolute Gasteiger partial charge is 0.366 e. The van der Waals surface area contributed by atoms with E-state index in [0.29, 0.717) is 25.6 Å². The number of likely N-dealkylation sites (N-methyl/N-ethyl adjacent to an activating group) is 1. The molecule has 5 nitrogen and oxygen atoms in total. The molecule has 0 aromatic heterocycles. The van der Waals surface area contributed by atoms with Gasteiger partial charge in [-0.1, -0.05) is 26.2 Å². The van der Waals surface area contributed by atoms with Crippen LogP contribution in [0.25, 0.3) is 0 Å². The molecule has 0 spiro atoms. The number of hydrogen-bond donors (Lipinski definition) is 2. The van der Waals surface area contributed by atoms with E-state index in [1.807, 2.05) is 0 Å². The molecule has 20 heavy (non-hydrogen) atoms. The van der Waals surface area contributed by atoms with Crippen LogP contribution in [0.4, 0.5) is 0 Å². The van der Waals surface area contributed by atoms with E-state index in [0.717, 1.165) is 13.1 Å². The third-order valence-electron chi connectivity index (χ3n) is 4.69. The van der Waals surface area contributed by atoms with Gasteiger partial charge in [-0.3, -0.25) is 9.69 Å². The first-order valence-corrected chi connectivity index (χ1v) is 8.09. The number of carbonyl (C=O) groups is 1. The molecule has 1 aliphatic heterocycles. The second-order valence-electron chi connectivity index (χ2n) is 6.00. The molecule has 0 bridgehead atoms. The van der Waals surface area contributed by atoms with Crippen molar-refractivity contribution in [3.05, 3.63) is 0 Å². The van der Waals surface area contributed by atoms with Crippen LogP contribution in [0.2, 0.25) is 0 Å². The SMILES string of the molecule is CCN1CCOC(C(=O)NC(CN)C2CCCCC2)C1. The quantitative estimate of drug-likeness (QED) is 0.780. The Morgan fingerprint density at radius 2 is 2.15 bits per heavy atom. The highest BCUT2D eigenvalue weighted by Gasteiger charge is 2.30. The van der Waals surface area contributed by atoms with E-state index in [2.05, 4.69) is 17.1 Å². The molecule has 1 aliphatic carbocycles. The van der Waals surface area contributed by atoms with Crippen molar-refractivity contribution in [1.82, 2.24) is 10.2 Å². The Balaban J connectivity index is 1.84. The lowest BCUT2D eigenvalue weighted by Crippen LogP contribution is -2.54. The molecule has 1 saturated heterocycles. The Hall–Kier alpha value is -0.650. The molecule has 2 atom stereocenters. The number of ether oxygens (including phenoxy) is 1. The fraction of sp³-hybridized carbons (Fsp3) is 0.933. The second-order valence-corrected chi connectivity index (χ2v) is 6.00. The smallest absolute Gasteiger partial charge is 0.250 e. The highest BCUT2D eigenvalue weighted by molar-refractivity contribution is 5.81. The van der Waals surface area contributed by atoms with Gasteiger partial charge in [0.2, 0.25) is 0 Å². The van der Waals surface area contributed by atoms with E-state index >= 15 is 0 Å². The molecule has 116 valence electrons. The molecule has 2 aliphatic rings. The molecular formula is C15H29N3O2. The predicted octanol–water partition coefficient (Wildman–Crippen LogP) is 0.731. The number of amides is 1. The van der Waals surface area contributed by atoms with Gasteiger partial charge in [-0.05, 0) is 25.3 Å². The van der Waals surface area contributed by atoms with Gasteiger partial charge >= 0.3 is 0 Å². The Morgan fingerprint density at radius 1 is 1.40 bits per heavy atom. The minimum atomic E-state index is -0.332. The van der Waals surface area contributed by atoms with Crippen molar-refractivity contribution in [2.45, 2.75) is 51.2 Å². The molecule has 1 amide bonds. The van der Waals surface area contributed by atoms with Crippen molar-refractivity contribution in [3.8, 4) is 0 Å². The Labute approximate surface area is 122 Å². The molecule has 1 heterocycles. The molecule has 1 saturated carbocycles. The highest BCUT2D eigenvalue weighted by Crippen LogP contribution is 2.26. The predicted molar refractivity (Wildman–Crippen MR) is 79.4 cm³/mol. The first-order chi connectivity index (χ1) is 9.74. The summed E-state index contributed by atoms with van der Waals surface area (Å²) >= 11 is 0. The minimum absolute atomic E-state index is 0.0178. The van der Waals surface area contributed by atoms with Crippen molar-refractivity contribution in [1.29, 1.82) is 0 Å². The van der Waals surface area contributed by atoms with Gasteiger partial charge in [0.05, 0.1) is 6.61 Å². The summed E-state index contributed by atoms with van der Waals surface area (Å²) in [5.74, 6) is 0.563. The van der Waals surface area contributed by atoms with Gasteiger partial charge in [-0.15, -0.1) is 0 Å². The Bertz CT molecular complexity index is 305. The fourth-order valence-electron chi connectivity index (χ4n) is 3.33.